The minimum absolute atomic E-state index is 0.0455. The molecule has 0 aliphatic carbocycles. The van der Waals surface area contributed by atoms with Crippen LogP contribution in [0.25, 0.3) is 0 Å². The average molecular weight is 398 g/mol. The fraction of sp³-hybridized carbons (Fsp3) is 0.632. The van der Waals surface area contributed by atoms with Gasteiger partial charge < -0.3 is 4.74 Å². The Kier molecular flexibility index (Phi) is 6.87. The molecule has 1 rings (SSSR count). The quantitative estimate of drug-likeness (QED) is 0.400. The van der Waals surface area contributed by atoms with Crippen molar-refractivity contribution in [3.63, 3.8) is 0 Å². The summed E-state index contributed by atoms with van der Waals surface area (Å²) in [5, 5.41) is 23.0. The Morgan fingerprint density at radius 3 is 2.04 bits per heavy atom. The highest BCUT2D eigenvalue weighted by molar-refractivity contribution is 5.76. The number of benzene rings is 1. The van der Waals surface area contributed by atoms with Crippen molar-refractivity contribution in [1.29, 1.82) is 0 Å². The number of hydrogen-bond donors (Lipinski definition) is 0. The highest BCUT2D eigenvalue weighted by Gasteiger charge is 2.50. The molecule has 3 unspecified atom stereocenters. The fourth-order valence-electron chi connectivity index (χ4n) is 3.08. The standard InChI is InChI=1S/C19H27FN2O6/c1-11-8-9-12(21(24)25)10-13(11)14(16(22(26)27)18(2,3)4)15(20)17(23)28-19(5,6)7/h8-10,14-16H,1-7H3. The zero-order valence-electron chi connectivity index (χ0n) is 17.2. The number of nitro groups is 2. The second-order valence-electron chi connectivity index (χ2n) is 8.86. The summed E-state index contributed by atoms with van der Waals surface area (Å²) in [6, 6.07) is 2.20. The first-order valence-corrected chi connectivity index (χ1v) is 8.81. The van der Waals surface area contributed by atoms with Gasteiger partial charge in [-0.1, -0.05) is 26.8 Å². The van der Waals surface area contributed by atoms with E-state index in [1.165, 1.54) is 12.1 Å². The number of carbonyl (C=O) groups is 1. The molecule has 1 aromatic carbocycles. The van der Waals surface area contributed by atoms with Crippen LogP contribution in [0.4, 0.5) is 10.1 Å². The van der Waals surface area contributed by atoms with Gasteiger partial charge in [0.25, 0.3) is 5.69 Å². The first-order chi connectivity index (χ1) is 12.6. The van der Waals surface area contributed by atoms with E-state index in [4.69, 9.17) is 4.74 Å². The highest BCUT2D eigenvalue weighted by atomic mass is 19.1. The topological polar surface area (TPSA) is 113 Å². The third kappa shape index (κ3) is 5.71. The van der Waals surface area contributed by atoms with Crippen molar-refractivity contribution in [1.82, 2.24) is 0 Å². The number of non-ortho nitro benzene ring substituents is 1. The zero-order chi connectivity index (χ0) is 22.0. The molecule has 0 fully saturated rings. The van der Waals surface area contributed by atoms with Gasteiger partial charge in [-0.3, -0.25) is 20.2 Å². The Balaban J connectivity index is 3.65. The molecule has 0 aliphatic rings. The van der Waals surface area contributed by atoms with Crippen LogP contribution in [-0.2, 0) is 9.53 Å². The predicted molar refractivity (Wildman–Crippen MR) is 102 cm³/mol. The summed E-state index contributed by atoms with van der Waals surface area (Å²) in [5.41, 5.74) is -1.90. The van der Waals surface area contributed by atoms with E-state index < -0.39 is 45.0 Å². The Labute approximate surface area is 163 Å². The Morgan fingerprint density at radius 2 is 1.64 bits per heavy atom. The van der Waals surface area contributed by atoms with Gasteiger partial charge in [-0.25, -0.2) is 9.18 Å². The number of esters is 1. The minimum Gasteiger partial charge on any atom is -0.458 e. The van der Waals surface area contributed by atoms with Crippen molar-refractivity contribution >= 4 is 11.7 Å². The van der Waals surface area contributed by atoms with Crippen LogP contribution in [0, 0.1) is 32.6 Å². The van der Waals surface area contributed by atoms with Gasteiger partial charge in [-0.2, -0.15) is 0 Å². The molecular weight excluding hydrogens is 371 g/mol. The second-order valence-corrected chi connectivity index (χ2v) is 8.86. The number of nitrogens with zero attached hydrogens (tertiary/aromatic N) is 2. The van der Waals surface area contributed by atoms with Crippen molar-refractivity contribution in [2.75, 3.05) is 0 Å². The third-order valence-electron chi connectivity index (χ3n) is 4.23. The van der Waals surface area contributed by atoms with E-state index in [9.17, 15) is 25.0 Å². The number of carbonyl (C=O) groups excluding carboxylic acids is 1. The monoisotopic (exact) mass is 398 g/mol. The number of nitro benzene ring substituents is 1. The number of aryl methyl sites for hydroxylation is 1. The van der Waals surface area contributed by atoms with Crippen LogP contribution in [-0.4, -0.2) is 33.6 Å². The molecule has 0 N–H and O–H groups in total. The molecule has 0 saturated carbocycles. The fourth-order valence-corrected chi connectivity index (χ4v) is 3.08. The van der Waals surface area contributed by atoms with E-state index in [1.54, 1.807) is 48.5 Å². The molecule has 0 heterocycles. The van der Waals surface area contributed by atoms with Crippen molar-refractivity contribution in [3.8, 4) is 0 Å². The van der Waals surface area contributed by atoms with Gasteiger partial charge in [0.05, 0.1) is 10.8 Å². The van der Waals surface area contributed by atoms with Crippen LogP contribution >= 0.6 is 0 Å². The van der Waals surface area contributed by atoms with Crippen molar-refractivity contribution < 1.29 is 23.8 Å². The lowest BCUT2D eigenvalue weighted by atomic mass is 9.73. The molecule has 3 atom stereocenters. The molecule has 8 nitrogen and oxygen atoms in total. The van der Waals surface area contributed by atoms with Crippen LogP contribution in [0.3, 0.4) is 0 Å². The van der Waals surface area contributed by atoms with Gasteiger partial charge in [0, 0.05) is 22.5 Å². The number of halogens is 1. The van der Waals surface area contributed by atoms with Crippen LogP contribution < -0.4 is 0 Å². The van der Waals surface area contributed by atoms with Gasteiger partial charge in [-0.15, -0.1) is 0 Å². The number of alkyl halides is 1. The summed E-state index contributed by atoms with van der Waals surface area (Å²) >= 11 is 0. The maximum absolute atomic E-state index is 15.4. The van der Waals surface area contributed by atoms with Gasteiger partial charge in [-0.05, 0) is 38.8 Å². The van der Waals surface area contributed by atoms with E-state index in [1.807, 2.05) is 0 Å². The van der Waals surface area contributed by atoms with Gasteiger partial charge in [0.15, 0.2) is 0 Å². The highest BCUT2D eigenvalue weighted by Crippen LogP contribution is 2.40. The molecule has 9 heteroatoms. The maximum atomic E-state index is 15.4. The Bertz CT molecular complexity index is 767. The molecule has 0 aromatic heterocycles. The van der Waals surface area contributed by atoms with Gasteiger partial charge >= 0.3 is 5.97 Å². The van der Waals surface area contributed by atoms with E-state index in [2.05, 4.69) is 0 Å². The lowest BCUT2D eigenvalue weighted by Gasteiger charge is -2.33. The Morgan fingerprint density at radius 1 is 1.11 bits per heavy atom. The molecule has 0 radical (unpaired) electrons. The van der Waals surface area contributed by atoms with Crippen molar-refractivity contribution in [2.45, 2.75) is 72.2 Å². The van der Waals surface area contributed by atoms with Crippen LogP contribution in [0.5, 0.6) is 0 Å². The smallest absolute Gasteiger partial charge is 0.342 e. The summed E-state index contributed by atoms with van der Waals surface area (Å²) < 4.78 is 20.5. The molecule has 1 aromatic rings. The number of hydrogen-bond acceptors (Lipinski definition) is 6. The predicted octanol–water partition coefficient (Wildman–Crippen LogP) is 4.36. The molecule has 156 valence electrons. The minimum atomic E-state index is -2.37. The van der Waals surface area contributed by atoms with Crippen LogP contribution in [0.2, 0.25) is 0 Å². The molecular formula is C19H27FN2O6. The van der Waals surface area contributed by atoms with Crippen LogP contribution in [0.1, 0.15) is 58.6 Å². The lowest BCUT2D eigenvalue weighted by molar-refractivity contribution is -0.545. The van der Waals surface area contributed by atoms with E-state index >= 15 is 4.39 Å². The first kappa shape index (κ1) is 23.5. The molecule has 0 bridgehead atoms. The normalized spacial score (nSPS) is 15.4. The maximum Gasteiger partial charge on any atom is 0.342 e. The second kappa shape index (κ2) is 8.20. The van der Waals surface area contributed by atoms with Gasteiger partial charge in [0.1, 0.15) is 5.60 Å². The SMILES string of the molecule is Cc1ccc([N+](=O)[O-])cc1C(C(F)C(=O)OC(C)(C)C)C([N+](=O)[O-])C(C)(C)C. The molecule has 0 aliphatic heterocycles. The van der Waals surface area contributed by atoms with Crippen molar-refractivity contribution in [2.24, 2.45) is 5.41 Å². The summed E-state index contributed by atoms with van der Waals surface area (Å²) in [7, 11) is 0. The molecule has 0 amide bonds. The summed E-state index contributed by atoms with van der Waals surface area (Å²) in [4.78, 5) is 34.1. The van der Waals surface area contributed by atoms with E-state index in [-0.39, 0.29) is 11.3 Å². The number of ether oxygens (including phenoxy) is 1. The zero-order valence-corrected chi connectivity index (χ0v) is 17.2. The average Bonchev–Trinajstić information content (AvgIpc) is 2.48. The Hall–Kier alpha value is -2.58. The summed E-state index contributed by atoms with van der Waals surface area (Å²) in [5.74, 6) is -2.79. The third-order valence-corrected chi connectivity index (χ3v) is 4.23. The van der Waals surface area contributed by atoms with E-state index in [0.717, 1.165) is 6.07 Å². The first-order valence-electron chi connectivity index (χ1n) is 8.81. The van der Waals surface area contributed by atoms with E-state index in [0.29, 0.717) is 5.56 Å². The molecule has 28 heavy (non-hydrogen) atoms. The van der Waals surface area contributed by atoms with Gasteiger partial charge in [0.2, 0.25) is 12.2 Å². The molecule has 0 saturated heterocycles. The largest absolute Gasteiger partial charge is 0.458 e. The van der Waals surface area contributed by atoms with Crippen molar-refractivity contribution in [3.05, 3.63) is 49.6 Å². The summed E-state index contributed by atoms with van der Waals surface area (Å²) in [6.45, 7) is 10.9. The molecule has 0 spiro atoms. The summed E-state index contributed by atoms with van der Waals surface area (Å²) in [6.07, 6.45) is -2.37. The van der Waals surface area contributed by atoms with Crippen LogP contribution in [0.15, 0.2) is 18.2 Å². The lowest BCUT2D eigenvalue weighted by Crippen LogP contribution is -2.46. The number of rotatable bonds is 6.